The molecule has 1 aliphatic heterocycles. The molecule has 3 N–H and O–H groups in total. The summed E-state index contributed by atoms with van der Waals surface area (Å²) in [4.78, 5) is 29.0. The van der Waals surface area contributed by atoms with Crippen molar-refractivity contribution in [1.82, 2.24) is 15.0 Å². The summed E-state index contributed by atoms with van der Waals surface area (Å²) in [7, 11) is 0. The van der Waals surface area contributed by atoms with Crippen molar-refractivity contribution in [1.29, 1.82) is 5.26 Å². The van der Waals surface area contributed by atoms with Crippen molar-refractivity contribution in [3.05, 3.63) is 59.7 Å². The smallest absolute Gasteiger partial charge is 0.255 e. The van der Waals surface area contributed by atoms with Crippen LogP contribution in [-0.2, 0) is 10.2 Å². The van der Waals surface area contributed by atoms with Gasteiger partial charge in [-0.2, -0.15) is 5.26 Å². The molecule has 0 bridgehead atoms. The van der Waals surface area contributed by atoms with E-state index in [1.54, 1.807) is 38.4 Å². The predicted octanol–water partition coefficient (Wildman–Crippen LogP) is 3.14. The van der Waals surface area contributed by atoms with Crippen LogP contribution in [0.15, 0.2) is 42.7 Å². The third kappa shape index (κ3) is 6.02. The van der Waals surface area contributed by atoms with E-state index < -0.39 is 5.41 Å². The van der Waals surface area contributed by atoms with Gasteiger partial charge < -0.3 is 25.4 Å². The van der Waals surface area contributed by atoms with E-state index in [0.717, 1.165) is 16.8 Å². The minimum absolute atomic E-state index is 0.000807. The van der Waals surface area contributed by atoms with Crippen molar-refractivity contribution < 1.29 is 14.6 Å². The number of carbonyl (C=O) groups is 1. The van der Waals surface area contributed by atoms with Gasteiger partial charge in [0.05, 0.1) is 42.7 Å². The number of morpholine rings is 1. The van der Waals surface area contributed by atoms with Crippen LogP contribution >= 0.6 is 0 Å². The number of rotatable bonds is 8. The van der Waals surface area contributed by atoms with E-state index in [2.05, 4.69) is 31.6 Å². The second kappa shape index (κ2) is 11.3. The van der Waals surface area contributed by atoms with Gasteiger partial charge in [-0.05, 0) is 56.7 Å². The average molecular weight is 502 g/mol. The highest BCUT2D eigenvalue weighted by molar-refractivity contribution is 6.06. The molecule has 0 aliphatic carbocycles. The maximum atomic E-state index is 13.4. The summed E-state index contributed by atoms with van der Waals surface area (Å²) in [5.41, 5.74) is 3.22. The number of pyridine rings is 3. The summed E-state index contributed by atoms with van der Waals surface area (Å²) in [6, 6.07) is 11.2. The van der Waals surface area contributed by atoms with Crippen molar-refractivity contribution >= 4 is 23.2 Å². The Bertz CT molecular complexity index is 1310. The van der Waals surface area contributed by atoms with Gasteiger partial charge in [-0.15, -0.1) is 0 Å². The molecule has 1 fully saturated rings. The summed E-state index contributed by atoms with van der Waals surface area (Å²) in [6.07, 6.45) is 3.24. The lowest BCUT2D eigenvalue weighted by Gasteiger charge is -2.30. The zero-order valence-electron chi connectivity index (χ0n) is 21.3. The van der Waals surface area contributed by atoms with Crippen LogP contribution in [0.2, 0.25) is 0 Å². The molecule has 4 rings (SSSR count). The summed E-state index contributed by atoms with van der Waals surface area (Å²) in [5, 5.41) is 24.7. The largest absolute Gasteiger partial charge is 0.395 e. The average Bonchev–Trinajstić information content (AvgIpc) is 2.93. The van der Waals surface area contributed by atoms with E-state index in [0.29, 0.717) is 61.4 Å². The Labute approximate surface area is 216 Å². The van der Waals surface area contributed by atoms with Crippen LogP contribution in [0, 0.1) is 18.3 Å². The third-order valence-corrected chi connectivity index (χ3v) is 6.18. The van der Waals surface area contributed by atoms with Crippen molar-refractivity contribution in [3.63, 3.8) is 0 Å². The summed E-state index contributed by atoms with van der Waals surface area (Å²) in [6.45, 7) is 8.34. The molecule has 10 nitrogen and oxygen atoms in total. The number of hydrogen-bond donors (Lipinski definition) is 3. The van der Waals surface area contributed by atoms with Crippen molar-refractivity contribution in [2.24, 2.45) is 0 Å². The summed E-state index contributed by atoms with van der Waals surface area (Å²) in [5.74, 6) is 0.999. The molecular formula is C27H31N7O3. The molecule has 0 aromatic carbocycles. The fraction of sp³-hybridized carbons (Fsp3) is 0.370. The van der Waals surface area contributed by atoms with E-state index in [1.807, 2.05) is 25.1 Å². The number of nitriles is 1. The van der Waals surface area contributed by atoms with Gasteiger partial charge in [0.2, 0.25) is 0 Å². The third-order valence-electron chi connectivity index (χ3n) is 6.18. The highest BCUT2D eigenvalue weighted by Crippen LogP contribution is 2.33. The first-order valence-electron chi connectivity index (χ1n) is 12.2. The minimum atomic E-state index is -0.822. The number of amides is 1. The van der Waals surface area contributed by atoms with E-state index in [4.69, 9.17) is 14.8 Å². The molecule has 3 aromatic heterocycles. The van der Waals surface area contributed by atoms with Gasteiger partial charge in [-0.1, -0.05) is 0 Å². The van der Waals surface area contributed by atoms with Crippen molar-refractivity contribution in [2.45, 2.75) is 26.2 Å². The number of hydrogen-bond acceptors (Lipinski definition) is 9. The number of aryl methyl sites for hydroxylation is 1. The summed E-state index contributed by atoms with van der Waals surface area (Å²) < 4.78 is 5.51. The molecule has 0 radical (unpaired) electrons. The van der Waals surface area contributed by atoms with Crippen LogP contribution < -0.4 is 15.5 Å². The summed E-state index contributed by atoms with van der Waals surface area (Å²) >= 11 is 0. The fourth-order valence-electron chi connectivity index (χ4n) is 4.04. The zero-order chi connectivity index (χ0) is 26.4. The Hall–Kier alpha value is -4.07. The predicted molar refractivity (Wildman–Crippen MR) is 142 cm³/mol. The minimum Gasteiger partial charge on any atom is -0.395 e. The van der Waals surface area contributed by atoms with Crippen molar-refractivity contribution in [3.8, 4) is 17.2 Å². The quantitative estimate of drug-likeness (QED) is 0.425. The molecule has 0 spiro atoms. The first kappa shape index (κ1) is 26.0. The number of nitrogens with one attached hydrogen (secondary N) is 2. The highest BCUT2D eigenvalue weighted by Gasteiger charge is 2.24. The van der Waals surface area contributed by atoms with Crippen LogP contribution in [0.1, 0.15) is 35.6 Å². The first-order chi connectivity index (χ1) is 17.8. The lowest BCUT2D eigenvalue weighted by atomic mass is 9.90. The van der Waals surface area contributed by atoms with E-state index in [1.165, 1.54) is 0 Å². The fourth-order valence-corrected chi connectivity index (χ4v) is 4.04. The Morgan fingerprint density at radius 1 is 1.19 bits per heavy atom. The Morgan fingerprint density at radius 3 is 2.68 bits per heavy atom. The van der Waals surface area contributed by atoms with Crippen molar-refractivity contribution in [2.75, 3.05) is 55.0 Å². The molecule has 192 valence electrons. The molecule has 10 heteroatoms. The lowest BCUT2D eigenvalue weighted by molar-refractivity contribution is 0.102. The number of anilines is 3. The molecule has 1 saturated heterocycles. The normalized spacial score (nSPS) is 13.6. The number of aliphatic hydroxyl groups is 1. The van der Waals surface area contributed by atoms with Crippen LogP contribution in [0.25, 0.3) is 11.1 Å². The van der Waals surface area contributed by atoms with Gasteiger partial charge in [0.1, 0.15) is 5.82 Å². The number of aliphatic hydroxyl groups excluding tert-OH is 1. The van der Waals surface area contributed by atoms with Gasteiger partial charge in [-0.3, -0.25) is 9.78 Å². The molecule has 37 heavy (non-hydrogen) atoms. The Morgan fingerprint density at radius 2 is 1.95 bits per heavy atom. The molecule has 1 amide bonds. The first-order valence-corrected chi connectivity index (χ1v) is 12.2. The Balaban J connectivity index is 1.72. The van der Waals surface area contributed by atoms with Crippen LogP contribution in [-0.4, -0.2) is 65.4 Å². The van der Waals surface area contributed by atoms with Crippen LogP contribution in [0.5, 0.6) is 0 Å². The molecule has 0 atom stereocenters. The standard InChI is InChI=1S/C27H31N7O3/c1-18-21(19-4-7-30-24(15-19)31-8-11-35)16-22(25(32-18)34-9-12-37-13-10-34)33-26(36)20-5-6-29-23(14-20)27(2,3)17-28/h4-7,14-16,35H,8-13H2,1-3H3,(H,30,31)(H,33,36). The second-order valence-electron chi connectivity index (χ2n) is 9.29. The van der Waals surface area contributed by atoms with E-state index in [9.17, 15) is 10.1 Å². The number of nitrogens with zero attached hydrogens (tertiary/aromatic N) is 5. The van der Waals surface area contributed by atoms with Gasteiger partial charge in [0.15, 0.2) is 5.82 Å². The second-order valence-corrected chi connectivity index (χ2v) is 9.29. The van der Waals surface area contributed by atoms with Gasteiger partial charge >= 0.3 is 0 Å². The molecular weight excluding hydrogens is 470 g/mol. The topological polar surface area (TPSA) is 136 Å². The molecule has 1 aliphatic rings. The number of carbonyl (C=O) groups excluding carboxylic acids is 1. The molecule has 0 saturated carbocycles. The highest BCUT2D eigenvalue weighted by atomic mass is 16.5. The molecule has 4 heterocycles. The zero-order valence-corrected chi connectivity index (χ0v) is 21.3. The number of ether oxygens (including phenoxy) is 1. The molecule has 3 aromatic rings. The SMILES string of the molecule is Cc1nc(N2CCOCC2)c(NC(=O)c2ccnc(C(C)(C)C#N)c2)cc1-c1ccnc(NCCO)c1. The number of aromatic nitrogens is 3. The van der Waals surface area contributed by atoms with Crippen LogP contribution in [0.4, 0.5) is 17.3 Å². The van der Waals surface area contributed by atoms with Gasteiger partial charge in [0.25, 0.3) is 5.91 Å². The Kier molecular flexibility index (Phi) is 7.96. The monoisotopic (exact) mass is 501 g/mol. The van der Waals surface area contributed by atoms with E-state index in [-0.39, 0.29) is 12.5 Å². The van der Waals surface area contributed by atoms with Gasteiger partial charge in [0, 0.05) is 48.8 Å². The van der Waals surface area contributed by atoms with E-state index >= 15 is 0 Å². The molecule has 0 unspecified atom stereocenters. The maximum Gasteiger partial charge on any atom is 0.255 e. The maximum absolute atomic E-state index is 13.4. The van der Waals surface area contributed by atoms with Crippen LogP contribution in [0.3, 0.4) is 0 Å². The lowest BCUT2D eigenvalue weighted by Crippen LogP contribution is -2.37. The van der Waals surface area contributed by atoms with Gasteiger partial charge in [-0.25, -0.2) is 9.97 Å².